The Labute approximate surface area is 143 Å². The van der Waals surface area contributed by atoms with Gasteiger partial charge < -0.3 is 4.52 Å². The van der Waals surface area contributed by atoms with Crippen LogP contribution in [-0.2, 0) is 34.0 Å². The number of rotatable bonds is 4. The summed E-state index contributed by atoms with van der Waals surface area (Å²) in [6.45, 7) is 6.01. The van der Waals surface area contributed by atoms with Crippen LogP contribution in [0.3, 0.4) is 0 Å². The molecule has 1 N–H and O–H groups in total. The van der Waals surface area contributed by atoms with E-state index in [1.165, 1.54) is 11.1 Å². The summed E-state index contributed by atoms with van der Waals surface area (Å²) in [4.78, 5) is 0. The van der Waals surface area contributed by atoms with Gasteiger partial charge in [0, 0.05) is 17.5 Å². The molecule has 0 bridgehead atoms. The molecule has 5 nitrogen and oxygen atoms in total. The Kier molecular flexibility index (Phi) is 4.53. The van der Waals surface area contributed by atoms with Crippen molar-refractivity contribution in [3.8, 4) is 0 Å². The molecule has 0 radical (unpaired) electrons. The predicted octanol–water partition coefficient (Wildman–Crippen LogP) is 2.95. The van der Waals surface area contributed by atoms with Gasteiger partial charge in [-0.25, -0.2) is 13.1 Å². The maximum atomic E-state index is 12.4. The van der Waals surface area contributed by atoms with Crippen LogP contribution in [0.25, 0.3) is 0 Å². The third-order valence-corrected chi connectivity index (χ3v) is 5.70. The second-order valence-corrected chi connectivity index (χ2v) is 9.27. The van der Waals surface area contributed by atoms with Gasteiger partial charge in [-0.2, -0.15) is 0 Å². The van der Waals surface area contributed by atoms with Gasteiger partial charge in [-0.05, 0) is 30.4 Å². The second kappa shape index (κ2) is 6.33. The average molecular weight is 348 g/mol. The lowest BCUT2D eigenvalue weighted by Gasteiger charge is -2.25. The minimum atomic E-state index is -3.44. The van der Waals surface area contributed by atoms with Crippen molar-refractivity contribution in [2.45, 2.75) is 57.2 Å². The van der Waals surface area contributed by atoms with Crippen molar-refractivity contribution in [2.24, 2.45) is 0 Å². The number of hydrogen-bond acceptors (Lipinski definition) is 4. The summed E-state index contributed by atoms with van der Waals surface area (Å²) in [5.41, 5.74) is 2.81. The van der Waals surface area contributed by atoms with Gasteiger partial charge in [0.2, 0.25) is 10.0 Å². The van der Waals surface area contributed by atoms with Crippen molar-refractivity contribution in [1.82, 2.24) is 9.88 Å². The number of benzene rings is 1. The topological polar surface area (TPSA) is 72.2 Å². The Balaban J connectivity index is 1.66. The normalized spacial score (nSPS) is 18.4. The second-order valence-electron chi connectivity index (χ2n) is 7.52. The summed E-state index contributed by atoms with van der Waals surface area (Å²) in [5.74, 6) is 0.546. The van der Waals surface area contributed by atoms with Crippen molar-refractivity contribution < 1.29 is 12.9 Å². The fourth-order valence-corrected chi connectivity index (χ4v) is 4.34. The molecule has 0 saturated carbocycles. The summed E-state index contributed by atoms with van der Waals surface area (Å²) in [6.07, 6.45) is 2.46. The maximum absolute atomic E-state index is 12.4. The standard InChI is InChI=1S/C18H24N2O3S/c1-18(2,3)17-11-16(19-23-17)12-24(21,22)20-15-9-8-13-6-4-5-7-14(13)10-15/h4-7,11,15,20H,8-10,12H2,1-3H3/t15-/m1/s1. The highest BCUT2D eigenvalue weighted by atomic mass is 32.2. The molecule has 2 aromatic rings. The maximum Gasteiger partial charge on any atom is 0.217 e. The zero-order valence-corrected chi connectivity index (χ0v) is 15.2. The largest absolute Gasteiger partial charge is 0.361 e. The fourth-order valence-electron chi connectivity index (χ4n) is 3.02. The quantitative estimate of drug-likeness (QED) is 0.922. The van der Waals surface area contributed by atoms with Crippen molar-refractivity contribution in [1.29, 1.82) is 0 Å². The Morgan fingerprint density at radius 3 is 2.62 bits per heavy atom. The number of fused-ring (bicyclic) bond motifs is 1. The van der Waals surface area contributed by atoms with Gasteiger partial charge in [-0.1, -0.05) is 50.2 Å². The summed E-state index contributed by atoms with van der Waals surface area (Å²) in [5, 5.41) is 3.90. The van der Waals surface area contributed by atoms with Crippen LogP contribution in [0.2, 0.25) is 0 Å². The van der Waals surface area contributed by atoms with Gasteiger partial charge >= 0.3 is 0 Å². The minimum Gasteiger partial charge on any atom is -0.361 e. The Bertz CT molecular complexity index is 819. The average Bonchev–Trinajstić information content (AvgIpc) is 2.94. The van der Waals surface area contributed by atoms with E-state index in [9.17, 15) is 8.42 Å². The zero-order chi connectivity index (χ0) is 17.4. The number of aryl methyl sites for hydroxylation is 1. The molecule has 130 valence electrons. The summed E-state index contributed by atoms with van der Waals surface area (Å²) < 4.78 is 33.0. The van der Waals surface area contributed by atoms with E-state index < -0.39 is 10.0 Å². The lowest BCUT2D eigenvalue weighted by molar-refractivity contribution is 0.326. The van der Waals surface area contributed by atoms with Crippen LogP contribution in [0.1, 0.15) is 49.8 Å². The van der Waals surface area contributed by atoms with Crippen molar-refractivity contribution >= 4 is 10.0 Å². The molecule has 1 heterocycles. The first-order valence-corrected chi connectivity index (χ1v) is 9.91. The molecule has 0 spiro atoms. The third kappa shape index (κ3) is 4.05. The molecule has 1 aromatic carbocycles. The van der Waals surface area contributed by atoms with E-state index in [0.717, 1.165) is 19.3 Å². The Morgan fingerprint density at radius 2 is 1.96 bits per heavy atom. The first-order valence-electron chi connectivity index (χ1n) is 8.26. The van der Waals surface area contributed by atoms with Crippen LogP contribution < -0.4 is 4.72 Å². The number of nitrogens with one attached hydrogen (secondary N) is 1. The number of sulfonamides is 1. The number of aromatic nitrogens is 1. The Morgan fingerprint density at radius 1 is 1.25 bits per heavy atom. The summed E-state index contributed by atoms with van der Waals surface area (Å²) in [7, 11) is -3.44. The fraction of sp³-hybridized carbons (Fsp3) is 0.500. The molecule has 3 rings (SSSR count). The molecule has 0 aliphatic heterocycles. The van der Waals surface area contributed by atoms with Gasteiger partial charge in [-0.15, -0.1) is 0 Å². The highest BCUT2D eigenvalue weighted by Gasteiger charge is 2.25. The van der Waals surface area contributed by atoms with Gasteiger partial charge in [0.05, 0.1) is 0 Å². The number of hydrogen-bond donors (Lipinski definition) is 1. The van der Waals surface area contributed by atoms with E-state index >= 15 is 0 Å². The molecule has 1 aliphatic rings. The smallest absolute Gasteiger partial charge is 0.217 e. The molecule has 1 aromatic heterocycles. The van der Waals surface area contributed by atoms with Crippen LogP contribution in [0.5, 0.6) is 0 Å². The summed E-state index contributed by atoms with van der Waals surface area (Å²) in [6, 6.07) is 9.89. The van der Waals surface area contributed by atoms with Gasteiger partial charge in [0.25, 0.3) is 0 Å². The zero-order valence-electron chi connectivity index (χ0n) is 14.4. The SMILES string of the molecule is CC(C)(C)c1cc(CS(=O)(=O)N[C@@H]2CCc3ccccc3C2)no1. The molecule has 0 unspecified atom stereocenters. The summed E-state index contributed by atoms with van der Waals surface area (Å²) >= 11 is 0. The van der Waals surface area contributed by atoms with Crippen molar-refractivity contribution in [3.63, 3.8) is 0 Å². The van der Waals surface area contributed by atoms with E-state index in [0.29, 0.717) is 11.5 Å². The highest BCUT2D eigenvalue weighted by Crippen LogP contribution is 2.24. The molecule has 1 atom stereocenters. The first-order chi connectivity index (χ1) is 11.2. The van der Waals surface area contributed by atoms with Crippen LogP contribution in [-0.4, -0.2) is 19.6 Å². The Hall–Kier alpha value is -1.66. The monoisotopic (exact) mass is 348 g/mol. The lowest BCUT2D eigenvalue weighted by atomic mass is 9.89. The molecule has 0 fully saturated rings. The van der Waals surface area contributed by atoms with Gasteiger partial charge in [0.1, 0.15) is 17.2 Å². The van der Waals surface area contributed by atoms with Gasteiger partial charge in [-0.3, -0.25) is 0 Å². The van der Waals surface area contributed by atoms with E-state index in [2.05, 4.69) is 22.0 Å². The van der Waals surface area contributed by atoms with E-state index in [1.54, 1.807) is 6.07 Å². The molecule has 0 amide bonds. The van der Waals surface area contributed by atoms with Crippen molar-refractivity contribution in [3.05, 3.63) is 52.9 Å². The highest BCUT2D eigenvalue weighted by molar-refractivity contribution is 7.88. The van der Waals surface area contributed by atoms with E-state index in [-0.39, 0.29) is 17.2 Å². The first kappa shape index (κ1) is 17.2. The molecule has 0 saturated heterocycles. The predicted molar refractivity (Wildman–Crippen MR) is 93.2 cm³/mol. The van der Waals surface area contributed by atoms with E-state index in [4.69, 9.17) is 4.52 Å². The van der Waals surface area contributed by atoms with Gasteiger partial charge in [0.15, 0.2) is 0 Å². The van der Waals surface area contributed by atoms with Crippen LogP contribution in [0.15, 0.2) is 34.9 Å². The molecule has 1 aliphatic carbocycles. The van der Waals surface area contributed by atoms with E-state index in [1.807, 2.05) is 32.9 Å². The van der Waals surface area contributed by atoms with Crippen LogP contribution in [0, 0.1) is 0 Å². The molecule has 24 heavy (non-hydrogen) atoms. The third-order valence-electron chi connectivity index (χ3n) is 4.33. The molecular formula is C18H24N2O3S. The minimum absolute atomic E-state index is 0.0566. The van der Waals surface area contributed by atoms with Crippen LogP contribution >= 0.6 is 0 Å². The lowest BCUT2D eigenvalue weighted by Crippen LogP contribution is -2.39. The van der Waals surface area contributed by atoms with Crippen LogP contribution in [0.4, 0.5) is 0 Å². The molecule has 6 heteroatoms. The number of nitrogens with zero attached hydrogens (tertiary/aromatic N) is 1. The molecular weight excluding hydrogens is 324 g/mol. The van der Waals surface area contributed by atoms with Crippen molar-refractivity contribution in [2.75, 3.05) is 0 Å².